The van der Waals surface area contributed by atoms with Crippen molar-refractivity contribution < 1.29 is 4.79 Å². The lowest BCUT2D eigenvalue weighted by atomic mass is 9.96. The van der Waals surface area contributed by atoms with Gasteiger partial charge >= 0.3 is 0 Å². The van der Waals surface area contributed by atoms with Gasteiger partial charge in [0.05, 0.1) is 0 Å². The molecule has 0 bridgehead atoms. The average molecular weight is 365 g/mol. The average Bonchev–Trinajstić information content (AvgIpc) is 3.20. The van der Waals surface area contributed by atoms with Crippen molar-refractivity contribution in [2.75, 3.05) is 18.0 Å². The minimum absolute atomic E-state index is 0.0490. The summed E-state index contributed by atoms with van der Waals surface area (Å²) < 4.78 is 1.43. The van der Waals surface area contributed by atoms with Crippen molar-refractivity contribution in [3.8, 4) is 0 Å². The first-order valence-corrected chi connectivity index (χ1v) is 9.39. The lowest BCUT2D eigenvalue weighted by Gasteiger charge is -2.31. The van der Waals surface area contributed by atoms with Gasteiger partial charge in [-0.05, 0) is 52.9 Å². The van der Waals surface area contributed by atoms with Crippen LogP contribution in [0.4, 0.5) is 5.82 Å². The van der Waals surface area contributed by atoms with Gasteiger partial charge in [0, 0.05) is 25.6 Å². The van der Waals surface area contributed by atoms with Crippen molar-refractivity contribution in [1.82, 2.24) is 30.6 Å². The Morgan fingerprint density at radius 3 is 2.59 bits per heavy atom. The number of aromatic nitrogens is 5. The minimum atomic E-state index is 0.0490. The Bertz CT molecular complexity index is 913. The number of rotatable bonds is 5. The number of aryl methyl sites for hydroxylation is 1. The second-order valence-electron chi connectivity index (χ2n) is 6.87. The summed E-state index contributed by atoms with van der Waals surface area (Å²) in [6.45, 7) is 4.31. The molecule has 0 atom stereocenters. The summed E-state index contributed by atoms with van der Waals surface area (Å²) in [7, 11) is 0. The van der Waals surface area contributed by atoms with Crippen molar-refractivity contribution in [3.05, 3.63) is 47.5 Å². The molecule has 140 valence electrons. The van der Waals surface area contributed by atoms with E-state index in [1.54, 1.807) is 0 Å². The molecule has 2 aromatic heterocycles. The molecule has 0 saturated carbocycles. The van der Waals surface area contributed by atoms with Crippen LogP contribution in [0.3, 0.4) is 0 Å². The van der Waals surface area contributed by atoms with E-state index in [1.165, 1.54) is 10.2 Å². The lowest BCUT2D eigenvalue weighted by molar-refractivity contribution is -0.125. The predicted octanol–water partition coefficient (Wildman–Crippen LogP) is 1.61. The molecule has 27 heavy (non-hydrogen) atoms. The van der Waals surface area contributed by atoms with Crippen molar-refractivity contribution >= 4 is 17.4 Å². The normalized spacial score (nSPS) is 15.2. The standard InChI is InChI=1S/C19H23N7O/c1-2-14-3-5-15(6-4-14)13-20-19(27)16-9-11-25(12-10-16)18-8-7-17-21-23-24-26(17)22-18/h3-8,16H,2,9-13H2,1H3,(H,20,27). The van der Waals surface area contributed by atoms with Crippen LogP contribution in [0, 0.1) is 5.92 Å². The summed E-state index contributed by atoms with van der Waals surface area (Å²) in [4.78, 5) is 14.7. The zero-order chi connectivity index (χ0) is 18.6. The third-order valence-corrected chi connectivity index (χ3v) is 5.14. The number of amides is 1. The Labute approximate surface area is 157 Å². The van der Waals surface area contributed by atoms with Gasteiger partial charge in [0.1, 0.15) is 0 Å². The molecule has 1 amide bonds. The molecule has 1 fully saturated rings. The molecule has 0 spiro atoms. The predicted molar refractivity (Wildman–Crippen MR) is 101 cm³/mol. The van der Waals surface area contributed by atoms with Crippen LogP contribution in [-0.4, -0.2) is 44.3 Å². The smallest absolute Gasteiger partial charge is 0.223 e. The Kier molecular flexibility index (Phi) is 4.95. The number of piperidine rings is 1. The molecule has 0 aliphatic carbocycles. The highest BCUT2D eigenvalue weighted by Gasteiger charge is 2.25. The van der Waals surface area contributed by atoms with E-state index in [0.29, 0.717) is 12.2 Å². The topological polar surface area (TPSA) is 88.3 Å². The molecule has 3 aromatic rings. The van der Waals surface area contributed by atoms with Crippen molar-refractivity contribution in [1.29, 1.82) is 0 Å². The first-order chi connectivity index (χ1) is 13.2. The molecular weight excluding hydrogens is 342 g/mol. The Hall–Kier alpha value is -3.03. The van der Waals surface area contributed by atoms with Crippen LogP contribution >= 0.6 is 0 Å². The minimum Gasteiger partial charge on any atom is -0.355 e. The van der Waals surface area contributed by atoms with E-state index in [-0.39, 0.29) is 11.8 Å². The van der Waals surface area contributed by atoms with E-state index in [0.717, 1.165) is 43.7 Å². The molecule has 3 heterocycles. The highest BCUT2D eigenvalue weighted by Crippen LogP contribution is 2.22. The third-order valence-electron chi connectivity index (χ3n) is 5.14. The number of anilines is 1. The fourth-order valence-corrected chi connectivity index (χ4v) is 3.41. The molecule has 8 heteroatoms. The maximum absolute atomic E-state index is 12.5. The number of nitrogens with one attached hydrogen (secondary N) is 1. The number of hydrogen-bond acceptors (Lipinski definition) is 6. The fraction of sp³-hybridized carbons (Fsp3) is 0.421. The van der Waals surface area contributed by atoms with Crippen molar-refractivity contribution in [2.45, 2.75) is 32.7 Å². The van der Waals surface area contributed by atoms with Crippen LogP contribution in [0.2, 0.25) is 0 Å². The van der Waals surface area contributed by atoms with E-state index in [2.05, 4.69) is 62.0 Å². The zero-order valence-corrected chi connectivity index (χ0v) is 15.4. The molecule has 4 rings (SSSR count). The molecule has 1 N–H and O–H groups in total. The quantitative estimate of drug-likeness (QED) is 0.739. The van der Waals surface area contributed by atoms with Gasteiger partial charge in [-0.25, -0.2) is 0 Å². The molecule has 0 unspecified atom stereocenters. The van der Waals surface area contributed by atoms with Crippen LogP contribution in [0.1, 0.15) is 30.9 Å². The van der Waals surface area contributed by atoms with Crippen LogP contribution in [0.15, 0.2) is 36.4 Å². The van der Waals surface area contributed by atoms with Gasteiger partial charge in [-0.1, -0.05) is 31.2 Å². The van der Waals surface area contributed by atoms with Gasteiger partial charge in [0.15, 0.2) is 11.5 Å². The molecule has 1 saturated heterocycles. The van der Waals surface area contributed by atoms with Gasteiger partial charge in [-0.2, -0.15) is 0 Å². The fourth-order valence-electron chi connectivity index (χ4n) is 3.41. The molecule has 8 nitrogen and oxygen atoms in total. The summed E-state index contributed by atoms with van der Waals surface area (Å²) in [6.07, 6.45) is 2.66. The number of tetrazole rings is 1. The van der Waals surface area contributed by atoms with Crippen molar-refractivity contribution in [3.63, 3.8) is 0 Å². The van der Waals surface area contributed by atoms with Gasteiger partial charge in [0.2, 0.25) is 5.91 Å². The Balaban J connectivity index is 1.29. The van der Waals surface area contributed by atoms with E-state index in [9.17, 15) is 4.79 Å². The Morgan fingerprint density at radius 1 is 1.11 bits per heavy atom. The number of carbonyl (C=O) groups excluding carboxylic acids is 1. The highest BCUT2D eigenvalue weighted by atomic mass is 16.1. The lowest BCUT2D eigenvalue weighted by Crippen LogP contribution is -2.40. The summed E-state index contributed by atoms with van der Waals surface area (Å²) >= 11 is 0. The van der Waals surface area contributed by atoms with Gasteiger partial charge in [-0.3, -0.25) is 4.79 Å². The molecule has 0 radical (unpaired) electrons. The first kappa shape index (κ1) is 17.4. The van der Waals surface area contributed by atoms with E-state index < -0.39 is 0 Å². The number of benzene rings is 1. The van der Waals surface area contributed by atoms with Gasteiger partial charge in [-0.15, -0.1) is 14.8 Å². The summed E-state index contributed by atoms with van der Waals surface area (Å²) in [5, 5.41) is 18.8. The Morgan fingerprint density at radius 2 is 1.85 bits per heavy atom. The van der Waals surface area contributed by atoms with Gasteiger partial charge in [0.25, 0.3) is 0 Å². The number of fused-ring (bicyclic) bond motifs is 1. The highest BCUT2D eigenvalue weighted by molar-refractivity contribution is 5.79. The SMILES string of the molecule is CCc1ccc(CNC(=O)C2CCN(c3ccc4nnnn4n3)CC2)cc1. The summed E-state index contributed by atoms with van der Waals surface area (Å²) in [5.74, 6) is 1.02. The largest absolute Gasteiger partial charge is 0.355 e. The van der Waals surface area contributed by atoms with Crippen LogP contribution < -0.4 is 10.2 Å². The molecule has 1 aromatic carbocycles. The first-order valence-electron chi connectivity index (χ1n) is 9.39. The second kappa shape index (κ2) is 7.69. The monoisotopic (exact) mass is 365 g/mol. The molecule has 1 aliphatic heterocycles. The zero-order valence-electron chi connectivity index (χ0n) is 15.4. The summed E-state index contributed by atoms with van der Waals surface area (Å²) in [6, 6.07) is 12.2. The maximum Gasteiger partial charge on any atom is 0.223 e. The van der Waals surface area contributed by atoms with E-state index >= 15 is 0 Å². The maximum atomic E-state index is 12.5. The molecule has 1 aliphatic rings. The van der Waals surface area contributed by atoms with Crippen LogP contribution in [0.25, 0.3) is 5.65 Å². The molecular formula is C19H23N7O. The summed E-state index contributed by atoms with van der Waals surface area (Å²) in [5.41, 5.74) is 3.07. The van der Waals surface area contributed by atoms with Crippen LogP contribution in [0.5, 0.6) is 0 Å². The van der Waals surface area contributed by atoms with E-state index in [1.807, 2.05) is 12.1 Å². The number of carbonyl (C=O) groups is 1. The van der Waals surface area contributed by atoms with Crippen LogP contribution in [-0.2, 0) is 17.8 Å². The van der Waals surface area contributed by atoms with Crippen molar-refractivity contribution in [2.24, 2.45) is 5.92 Å². The van der Waals surface area contributed by atoms with Gasteiger partial charge < -0.3 is 10.2 Å². The second-order valence-corrected chi connectivity index (χ2v) is 6.87. The number of hydrogen-bond donors (Lipinski definition) is 1. The van der Waals surface area contributed by atoms with E-state index in [4.69, 9.17) is 0 Å². The third kappa shape index (κ3) is 3.89. The number of nitrogens with zero attached hydrogens (tertiary/aromatic N) is 6.